The minimum Gasteiger partial charge on any atom is -0.496 e. The Kier molecular flexibility index (Phi) is 5.02. The van der Waals surface area contributed by atoms with Crippen LogP contribution >= 0.6 is 0 Å². The first-order chi connectivity index (χ1) is 9.51. The molecule has 1 aliphatic heterocycles. The normalized spacial score (nSPS) is 19.1. The van der Waals surface area contributed by atoms with Gasteiger partial charge >= 0.3 is 0 Å². The van der Waals surface area contributed by atoms with Crippen LogP contribution in [-0.2, 0) is 0 Å². The number of rotatable bonds is 4. The predicted molar refractivity (Wildman–Crippen MR) is 83.3 cm³/mol. The van der Waals surface area contributed by atoms with Gasteiger partial charge in [0, 0.05) is 38.8 Å². The van der Waals surface area contributed by atoms with Crippen molar-refractivity contribution in [2.24, 2.45) is 5.73 Å². The number of ether oxygens (including phenoxy) is 1. The van der Waals surface area contributed by atoms with Crippen molar-refractivity contribution in [1.82, 2.24) is 9.80 Å². The van der Waals surface area contributed by atoms with Crippen molar-refractivity contribution in [1.29, 1.82) is 0 Å². The van der Waals surface area contributed by atoms with Gasteiger partial charge in [-0.05, 0) is 43.7 Å². The predicted octanol–water partition coefficient (Wildman–Crippen LogP) is 1.56. The molecule has 2 N–H and O–H groups in total. The molecule has 0 bridgehead atoms. The fraction of sp³-hybridized carbons (Fsp3) is 0.625. The summed E-state index contributed by atoms with van der Waals surface area (Å²) in [5, 5.41) is 0. The zero-order chi connectivity index (χ0) is 14.7. The maximum atomic E-state index is 6.43. The second-order valence-corrected chi connectivity index (χ2v) is 5.89. The summed E-state index contributed by atoms with van der Waals surface area (Å²) in [6, 6.07) is 4.34. The van der Waals surface area contributed by atoms with E-state index in [1.165, 1.54) is 11.1 Å². The molecule has 0 radical (unpaired) electrons. The van der Waals surface area contributed by atoms with Crippen LogP contribution in [0.4, 0.5) is 0 Å². The highest BCUT2D eigenvalue weighted by atomic mass is 16.5. The third-order valence-corrected chi connectivity index (χ3v) is 4.23. The topological polar surface area (TPSA) is 41.7 Å². The first-order valence-electron chi connectivity index (χ1n) is 7.33. The standard InChI is InChI=1S/C16H27N3O/c1-12-10-16(20-4)13(2)9-14(12)15(17)11-19-7-5-18(3)6-8-19/h9-10,15H,5-8,11,17H2,1-4H3. The van der Waals surface area contributed by atoms with Gasteiger partial charge in [0.05, 0.1) is 7.11 Å². The van der Waals surface area contributed by atoms with E-state index in [1.807, 2.05) is 0 Å². The molecule has 1 aromatic rings. The zero-order valence-corrected chi connectivity index (χ0v) is 13.1. The average Bonchev–Trinajstić information content (AvgIpc) is 2.43. The molecule has 1 aliphatic rings. The van der Waals surface area contributed by atoms with Crippen molar-refractivity contribution in [3.8, 4) is 5.75 Å². The summed E-state index contributed by atoms with van der Waals surface area (Å²) in [7, 11) is 3.89. The average molecular weight is 277 g/mol. The first kappa shape index (κ1) is 15.3. The van der Waals surface area contributed by atoms with E-state index in [0.29, 0.717) is 0 Å². The summed E-state index contributed by atoms with van der Waals surface area (Å²) in [5.41, 5.74) is 10.0. The summed E-state index contributed by atoms with van der Waals surface area (Å²) in [5.74, 6) is 0.943. The molecule has 1 aromatic carbocycles. The summed E-state index contributed by atoms with van der Waals surface area (Å²) < 4.78 is 5.37. The van der Waals surface area contributed by atoms with Crippen LogP contribution in [0, 0.1) is 13.8 Å². The van der Waals surface area contributed by atoms with Gasteiger partial charge in [-0.25, -0.2) is 0 Å². The Morgan fingerprint density at radius 3 is 2.40 bits per heavy atom. The van der Waals surface area contributed by atoms with Gasteiger partial charge in [0.25, 0.3) is 0 Å². The van der Waals surface area contributed by atoms with Crippen LogP contribution in [0.5, 0.6) is 5.75 Å². The lowest BCUT2D eigenvalue weighted by molar-refractivity contribution is 0.147. The van der Waals surface area contributed by atoms with Crippen LogP contribution in [0.15, 0.2) is 12.1 Å². The Morgan fingerprint density at radius 2 is 1.80 bits per heavy atom. The van der Waals surface area contributed by atoms with E-state index < -0.39 is 0 Å². The van der Waals surface area contributed by atoms with Crippen molar-refractivity contribution >= 4 is 0 Å². The van der Waals surface area contributed by atoms with Crippen molar-refractivity contribution in [2.45, 2.75) is 19.9 Å². The van der Waals surface area contributed by atoms with Crippen LogP contribution in [0.2, 0.25) is 0 Å². The Labute approximate surface area is 122 Å². The summed E-state index contributed by atoms with van der Waals surface area (Å²) in [6.45, 7) is 9.60. The minimum atomic E-state index is 0.0722. The third kappa shape index (κ3) is 3.51. The SMILES string of the molecule is COc1cc(C)c(C(N)CN2CCN(C)CC2)cc1C. The van der Waals surface area contributed by atoms with E-state index in [1.54, 1.807) is 7.11 Å². The fourth-order valence-corrected chi connectivity index (χ4v) is 2.84. The van der Waals surface area contributed by atoms with Gasteiger partial charge in [-0.1, -0.05) is 6.07 Å². The summed E-state index contributed by atoms with van der Waals surface area (Å²) >= 11 is 0. The smallest absolute Gasteiger partial charge is 0.122 e. The number of benzene rings is 1. The molecular weight excluding hydrogens is 250 g/mol. The lowest BCUT2D eigenvalue weighted by atomic mass is 9.98. The van der Waals surface area contributed by atoms with Crippen LogP contribution in [0.3, 0.4) is 0 Å². The van der Waals surface area contributed by atoms with Gasteiger partial charge in [0.1, 0.15) is 5.75 Å². The van der Waals surface area contributed by atoms with Gasteiger partial charge in [-0.3, -0.25) is 4.90 Å². The lowest BCUT2D eigenvalue weighted by Crippen LogP contribution is -2.46. The maximum Gasteiger partial charge on any atom is 0.122 e. The molecule has 1 fully saturated rings. The minimum absolute atomic E-state index is 0.0722. The number of aryl methyl sites for hydroxylation is 2. The van der Waals surface area contributed by atoms with E-state index >= 15 is 0 Å². The summed E-state index contributed by atoms with van der Waals surface area (Å²) in [4.78, 5) is 4.83. The molecule has 1 heterocycles. The number of likely N-dealkylation sites (N-methyl/N-ethyl adjacent to an activating group) is 1. The number of nitrogens with zero attached hydrogens (tertiary/aromatic N) is 2. The lowest BCUT2D eigenvalue weighted by Gasteiger charge is -2.34. The highest BCUT2D eigenvalue weighted by Crippen LogP contribution is 2.26. The third-order valence-electron chi connectivity index (χ3n) is 4.23. The van der Waals surface area contributed by atoms with Crippen molar-refractivity contribution in [3.05, 3.63) is 28.8 Å². The number of hydrogen-bond donors (Lipinski definition) is 1. The van der Waals surface area contributed by atoms with Crippen molar-refractivity contribution in [3.63, 3.8) is 0 Å². The first-order valence-corrected chi connectivity index (χ1v) is 7.33. The van der Waals surface area contributed by atoms with Gasteiger partial charge < -0.3 is 15.4 Å². The second-order valence-electron chi connectivity index (χ2n) is 5.89. The second kappa shape index (κ2) is 6.57. The maximum absolute atomic E-state index is 6.43. The van der Waals surface area contributed by atoms with E-state index in [-0.39, 0.29) is 6.04 Å². The Hall–Kier alpha value is -1.10. The molecule has 0 aromatic heterocycles. The Bertz CT molecular complexity index is 453. The molecule has 0 amide bonds. The number of methoxy groups -OCH3 is 1. The van der Waals surface area contributed by atoms with E-state index in [2.05, 4.69) is 42.8 Å². The molecule has 4 nitrogen and oxygen atoms in total. The number of piperazine rings is 1. The molecule has 2 rings (SSSR count). The van der Waals surface area contributed by atoms with Gasteiger partial charge in [-0.2, -0.15) is 0 Å². The molecule has 0 saturated carbocycles. The molecule has 4 heteroatoms. The highest BCUT2D eigenvalue weighted by molar-refractivity contribution is 5.42. The Morgan fingerprint density at radius 1 is 1.15 bits per heavy atom. The van der Waals surface area contributed by atoms with E-state index in [0.717, 1.165) is 44.0 Å². The molecular formula is C16H27N3O. The largest absolute Gasteiger partial charge is 0.496 e. The fourth-order valence-electron chi connectivity index (χ4n) is 2.84. The van der Waals surface area contributed by atoms with E-state index in [4.69, 9.17) is 10.5 Å². The summed E-state index contributed by atoms with van der Waals surface area (Å²) in [6.07, 6.45) is 0. The molecule has 1 atom stereocenters. The van der Waals surface area contributed by atoms with Crippen LogP contribution in [0.1, 0.15) is 22.7 Å². The van der Waals surface area contributed by atoms with E-state index in [9.17, 15) is 0 Å². The van der Waals surface area contributed by atoms with Crippen LogP contribution in [-0.4, -0.2) is 56.7 Å². The highest BCUT2D eigenvalue weighted by Gasteiger charge is 2.19. The van der Waals surface area contributed by atoms with Crippen LogP contribution in [0.25, 0.3) is 0 Å². The monoisotopic (exact) mass is 277 g/mol. The molecule has 1 saturated heterocycles. The number of nitrogens with two attached hydrogens (primary N) is 1. The van der Waals surface area contributed by atoms with Gasteiger partial charge in [0.2, 0.25) is 0 Å². The molecule has 0 spiro atoms. The number of hydrogen-bond acceptors (Lipinski definition) is 4. The molecule has 1 unspecified atom stereocenters. The zero-order valence-electron chi connectivity index (χ0n) is 13.1. The van der Waals surface area contributed by atoms with Crippen LogP contribution < -0.4 is 10.5 Å². The van der Waals surface area contributed by atoms with Gasteiger partial charge in [0.15, 0.2) is 0 Å². The van der Waals surface area contributed by atoms with Gasteiger partial charge in [-0.15, -0.1) is 0 Å². The Balaban J connectivity index is 2.05. The molecule has 0 aliphatic carbocycles. The molecule has 112 valence electrons. The quantitative estimate of drug-likeness (QED) is 0.907. The molecule has 20 heavy (non-hydrogen) atoms. The van der Waals surface area contributed by atoms with Crippen molar-refractivity contribution < 1.29 is 4.74 Å². The van der Waals surface area contributed by atoms with Crippen molar-refractivity contribution in [2.75, 3.05) is 46.9 Å².